The zero-order chi connectivity index (χ0) is 25.4. The topological polar surface area (TPSA) is 116 Å². The van der Waals surface area contributed by atoms with E-state index in [-0.39, 0.29) is 149 Å². The number of hydrogen-bond acceptors (Lipinski definition) is 9. The standard InChI is InChI=1S/C9H14O3.2C9H12O3.B.ClH.Na.H/c1-3-6-4(2)8-9(11-6)5(10)7(3)12-8;2*1-3-5(10)4(2)7-9-8(12-9)6(3)11-7;;;;/h3-10H,1-2H3;2*3-4,6-9H,1-2H3;;1H;;/q;;;;;+1;-1/t3-,4+,5+,6+,7+,8-,9?;2*3-,4+,6+,7-,8+,9?;;;;/m100..../s1. The largest absolute Gasteiger partial charge is 1.00 e. The van der Waals surface area contributed by atoms with Gasteiger partial charge in [0.15, 0.2) is 0 Å². The smallest absolute Gasteiger partial charge is 1.00 e. The zero-order valence-electron chi connectivity index (χ0n) is 24.7. The van der Waals surface area contributed by atoms with Crippen LogP contribution in [0.15, 0.2) is 0 Å². The molecule has 10 fully saturated rings. The Labute approximate surface area is 261 Å². The van der Waals surface area contributed by atoms with Crippen molar-refractivity contribution >= 4 is 32.4 Å². The van der Waals surface area contributed by atoms with Gasteiger partial charge in [-0.2, -0.15) is 0 Å². The summed E-state index contributed by atoms with van der Waals surface area (Å²) in [4.78, 5) is 23.2. The Hall–Kier alpha value is 0.415. The fourth-order valence-electron chi connectivity index (χ4n) is 8.11. The number of hydrogen-bond donors (Lipinski definition) is 1. The van der Waals surface area contributed by atoms with Gasteiger partial charge in [0.2, 0.25) is 0 Å². The summed E-state index contributed by atoms with van der Waals surface area (Å²) in [5, 5.41) is 9.74. The number of epoxide rings is 2. The van der Waals surface area contributed by atoms with Gasteiger partial charge in [0.1, 0.15) is 48.2 Å². The van der Waals surface area contributed by atoms with E-state index in [0.717, 1.165) is 0 Å². The van der Waals surface area contributed by atoms with Gasteiger partial charge in [-0.3, -0.25) is 9.59 Å². The van der Waals surface area contributed by atoms with Crippen LogP contribution in [0.2, 0.25) is 0 Å². The van der Waals surface area contributed by atoms with Gasteiger partial charge in [-0.25, -0.2) is 0 Å². The Balaban J connectivity index is 0.000000157. The van der Waals surface area contributed by atoms with Crippen LogP contribution in [0, 0.1) is 35.5 Å². The molecule has 10 aliphatic rings. The van der Waals surface area contributed by atoms with Crippen molar-refractivity contribution in [3.8, 4) is 0 Å². The van der Waals surface area contributed by atoms with Crippen molar-refractivity contribution in [2.45, 2.75) is 121 Å². The third kappa shape index (κ3) is 4.67. The molecule has 0 aromatic rings. The Bertz CT molecular complexity index is 856. The molecule has 10 rings (SSSR count). The van der Waals surface area contributed by atoms with Crippen LogP contribution in [0.1, 0.15) is 43.0 Å². The number of ether oxygens (including phenoxy) is 6. The van der Waals surface area contributed by atoms with Crippen molar-refractivity contribution in [1.82, 2.24) is 0 Å². The van der Waals surface area contributed by atoms with Crippen molar-refractivity contribution in [2.24, 2.45) is 35.5 Å². The van der Waals surface area contributed by atoms with Crippen LogP contribution in [-0.2, 0) is 38.0 Å². The molecule has 213 valence electrons. The van der Waals surface area contributed by atoms with Crippen LogP contribution in [-0.4, -0.2) is 104 Å². The van der Waals surface area contributed by atoms with E-state index in [1.165, 1.54) is 0 Å². The van der Waals surface area contributed by atoms with Gasteiger partial charge < -0.3 is 35.0 Å². The van der Waals surface area contributed by atoms with Crippen LogP contribution < -0.4 is 29.6 Å². The zero-order valence-corrected chi connectivity index (χ0v) is 26.5. The Kier molecular flexibility index (Phi) is 9.25. The van der Waals surface area contributed by atoms with E-state index < -0.39 is 0 Å². The molecular weight excluding hydrogens is 538 g/mol. The molecule has 0 aromatic heterocycles. The molecule has 0 amide bonds. The number of Topliss-reactive ketones (excluding diaryl/α,β-unsaturated/α-hetero) is 2. The van der Waals surface area contributed by atoms with Gasteiger partial charge in [0, 0.05) is 43.9 Å². The summed E-state index contributed by atoms with van der Waals surface area (Å²) in [7, 11) is 0. The third-order valence-corrected chi connectivity index (χ3v) is 10.5. The predicted octanol–water partition coefficient (Wildman–Crippen LogP) is -1.92. The number of ketones is 2. The Morgan fingerprint density at radius 3 is 1.13 bits per heavy atom. The molecule has 0 spiro atoms. The van der Waals surface area contributed by atoms with Gasteiger partial charge in [0.05, 0.1) is 42.7 Å². The molecule has 9 nitrogen and oxygen atoms in total. The first-order valence-corrected chi connectivity index (χ1v) is 13.8. The van der Waals surface area contributed by atoms with E-state index in [1.807, 2.05) is 27.7 Å². The van der Waals surface area contributed by atoms with Gasteiger partial charge in [-0.1, -0.05) is 41.5 Å². The van der Waals surface area contributed by atoms with E-state index in [4.69, 9.17) is 28.4 Å². The van der Waals surface area contributed by atoms with Gasteiger partial charge >= 0.3 is 29.6 Å². The van der Waals surface area contributed by atoms with Crippen LogP contribution in [0.3, 0.4) is 0 Å². The molecule has 3 radical (unpaired) electrons. The summed E-state index contributed by atoms with van der Waals surface area (Å²) in [5.74, 6) is 1.66. The number of rotatable bonds is 0. The molecule has 19 atom stereocenters. The summed E-state index contributed by atoms with van der Waals surface area (Å²) >= 11 is 0. The molecule has 1 N–H and O–H groups in total. The summed E-state index contributed by atoms with van der Waals surface area (Å²) in [5.41, 5.74) is 0. The van der Waals surface area contributed by atoms with Crippen molar-refractivity contribution in [3.05, 3.63) is 0 Å². The molecular formula is C27H40BClNaO9. The number of aliphatic hydroxyl groups is 1. The number of carbonyl (C=O) groups excluding carboxylic acids is 2. The molecule has 10 heterocycles. The molecule has 3 unspecified atom stereocenters. The second kappa shape index (κ2) is 11.2. The quantitative estimate of drug-likeness (QED) is 0.260. The van der Waals surface area contributed by atoms with Crippen LogP contribution in [0.4, 0.5) is 0 Å². The maximum absolute atomic E-state index is 11.6. The second-order valence-corrected chi connectivity index (χ2v) is 12.6. The number of fused-ring (bicyclic) bond motifs is 10. The average molecular weight is 578 g/mol. The van der Waals surface area contributed by atoms with E-state index in [0.29, 0.717) is 29.5 Å². The minimum absolute atomic E-state index is 0. The average Bonchev–Trinajstić information content (AvgIpc) is 3.72. The Morgan fingerprint density at radius 1 is 0.487 bits per heavy atom. The normalized spacial score (nSPS) is 58.8. The molecule has 10 saturated heterocycles. The van der Waals surface area contributed by atoms with E-state index in [2.05, 4.69) is 13.8 Å². The molecule has 8 bridgehead atoms. The second-order valence-electron chi connectivity index (χ2n) is 12.6. The van der Waals surface area contributed by atoms with Crippen LogP contribution in [0.25, 0.3) is 0 Å². The summed E-state index contributed by atoms with van der Waals surface area (Å²) in [6.45, 7) is 12.0. The van der Waals surface area contributed by atoms with E-state index in [1.54, 1.807) is 0 Å². The van der Waals surface area contributed by atoms with Gasteiger partial charge in [0.25, 0.3) is 0 Å². The predicted molar refractivity (Wildman–Crippen MR) is 137 cm³/mol. The van der Waals surface area contributed by atoms with Crippen molar-refractivity contribution in [3.63, 3.8) is 0 Å². The van der Waals surface area contributed by atoms with Crippen molar-refractivity contribution < 1.29 is 74.1 Å². The Morgan fingerprint density at radius 2 is 0.769 bits per heavy atom. The summed E-state index contributed by atoms with van der Waals surface area (Å²) in [6, 6.07) is 0. The molecule has 39 heavy (non-hydrogen) atoms. The monoisotopic (exact) mass is 577 g/mol. The maximum atomic E-state index is 11.6. The minimum Gasteiger partial charge on any atom is -1.00 e. The molecule has 0 aromatic carbocycles. The first-order chi connectivity index (χ1) is 17.1. The molecule has 0 saturated carbocycles. The summed E-state index contributed by atoms with van der Waals surface area (Å²) in [6.07, 6.45) is 1.27. The molecule has 10 aliphatic heterocycles. The first-order valence-electron chi connectivity index (χ1n) is 13.8. The van der Waals surface area contributed by atoms with Crippen LogP contribution >= 0.6 is 12.4 Å². The molecule has 0 aliphatic carbocycles. The molecule has 12 heteroatoms. The van der Waals surface area contributed by atoms with Crippen molar-refractivity contribution in [1.29, 1.82) is 0 Å². The first kappa shape index (κ1) is 32.3. The number of carbonyl (C=O) groups is 2. The SMILES string of the molecule is C[C@@H]1C(=O)[C@H](C)[C@H]2O[C@@H]1C1O[C@@H]12.C[C@@H]1C(=O)[C@H](C)[C@H]2O[C@@H]1C1O[C@@H]12.C[C@@H]1[C@@H]2OC3[C@@H](O)[C@H]1O[C@@H]3[C@H]2C.Cl.[B].[H-].[Na+]. The van der Waals surface area contributed by atoms with Crippen LogP contribution in [0.5, 0.6) is 0 Å². The fourth-order valence-corrected chi connectivity index (χ4v) is 8.11. The van der Waals surface area contributed by atoms with E-state index >= 15 is 0 Å². The number of aliphatic hydroxyl groups excluding tert-OH is 1. The third-order valence-electron chi connectivity index (χ3n) is 10.5. The van der Waals surface area contributed by atoms with E-state index in [9.17, 15) is 14.7 Å². The van der Waals surface area contributed by atoms with Crippen molar-refractivity contribution in [2.75, 3.05) is 0 Å². The fraction of sp³-hybridized carbons (Fsp3) is 0.926. The maximum Gasteiger partial charge on any atom is 1.00 e. The number of halogens is 1. The summed E-state index contributed by atoms with van der Waals surface area (Å²) < 4.78 is 33.7. The van der Waals surface area contributed by atoms with Gasteiger partial charge in [-0.15, -0.1) is 12.4 Å². The minimum atomic E-state index is -0.383. The van der Waals surface area contributed by atoms with Gasteiger partial charge in [-0.05, 0) is 0 Å².